The lowest BCUT2D eigenvalue weighted by atomic mass is 9.95. The second-order valence-electron chi connectivity index (χ2n) is 5.34. The highest BCUT2D eigenvalue weighted by Crippen LogP contribution is 2.30. The van der Waals surface area contributed by atoms with E-state index in [9.17, 15) is 8.42 Å². The van der Waals surface area contributed by atoms with Crippen LogP contribution in [0.15, 0.2) is 24.3 Å². The predicted molar refractivity (Wildman–Crippen MR) is 77.9 cm³/mol. The van der Waals surface area contributed by atoms with Crippen LogP contribution in [0.25, 0.3) is 0 Å². The van der Waals surface area contributed by atoms with E-state index in [4.69, 9.17) is 10.5 Å². The third-order valence-corrected chi connectivity index (χ3v) is 5.80. The van der Waals surface area contributed by atoms with E-state index >= 15 is 0 Å². The van der Waals surface area contributed by atoms with Gasteiger partial charge in [-0.25, -0.2) is 8.42 Å². The molecule has 2 N–H and O–H groups in total. The van der Waals surface area contributed by atoms with E-state index in [1.807, 2.05) is 24.3 Å². The van der Waals surface area contributed by atoms with E-state index in [2.05, 4.69) is 0 Å². The Morgan fingerprint density at radius 3 is 2.21 bits per heavy atom. The fraction of sp³-hybridized carbons (Fsp3) is 0.571. The Labute approximate surface area is 115 Å². The first-order valence-electron chi connectivity index (χ1n) is 6.23. The third kappa shape index (κ3) is 3.78. The van der Waals surface area contributed by atoms with E-state index in [1.165, 1.54) is 6.26 Å². The Bertz CT molecular complexity index is 506. The van der Waals surface area contributed by atoms with E-state index in [1.54, 1.807) is 21.0 Å². The molecule has 1 atom stereocenters. The molecule has 0 heterocycles. The van der Waals surface area contributed by atoms with Crippen molar-refractivity contribution in [3.63, 3.8) is 0 Å². The van der Waals surface area contributed by atoms with Gasteiger partial charge in [0.2, 0.25) is 0 Å². The maximum Gasteiger partial charge on any atom is 0.154 e. The fourth-order valence-electron chi connectivity index (χ4n) is 1.74. The summed E-state index contributed by atoms with van der Waals surface area (Å²) in [7, 11) is -1.55. The van der Waals surface area contributed by atoms with Crippen LogP contribution in [0.1, 0.15) is 31.0 Å². The maximum absolute atomic E-state index is 11.8. The van der Waals surface area contributed by atoms with Crippen molar-refractivity contribution in [3.05, 3.63) is 35.4 Å². The van der Waals surface area contributed by atoms with Crippen LogP contribution in [0, 0.1) is 0 Å². The first-order chi connectivity index (χ1) is 8.70. The van der Waals surface area contributed by atoms with Crippen LogP contribution < -0.4 is 5.73 Å². The predicted octanol–water partition coefficient (Wildman–Crippen LogP) is 1.70. The van der Waals surface area contributed by atoms with Gasteiger partial charge in [0.25, 0.3) is 0 Å². The topological polar surface area (TPSA) is 69.4 Å². The van der Waals surface area contributed by atoms with Crippen molar-refractivity contribution >= 4 is 9.84 Å². The van der Waals surface area contributed by atoms with Crippen LogP contribution in [0.3, 0.4) is 0 Å². The monoisotopic (exact) mass is 285 g/mol. The summed E-state index contributed by atoms with van der Waals surface area (Å²) in [6.45, 7) is 3.98. The van der Waals surface area contributed by atoms with Gasteiger partial charge in [-0.1, -0.05) is 24.3 Å². The average molecular weight is 285 g/mol. The van der Waals surface area contributed by atoms with Gasteiger partial charge in [-0.05, 0) is 31.4 Å². The molecule has 0 saturated heterocycles. The molecule has 0 saturated carbocycles. The molecule has 1 aromatic carbocycles. The molecule has 0 aliphatic rings. The largest absolute Gasteiger partial charge is 0.384 e. The van der Waals surface area contributed by atoms with Gasteiger partial charge >= 0.3 is 0 Å². The summed E-state index contributed by atoms with van der Waals surface area (Å²) in [5, 5.41) is 0. The fourth-order valence-corrected chi connectivity index (χ4v) is 2.34. The van der Waals surface area contributed by atoms with E-state index in [0.29, 0.717) is 6.61 Å². The molecular formula is C14H23NO3S. The van der Waals surface area contributed by atoms with Crippen molar-refractivity contribution in [3.8, 4) is 0 Å². The Balaban J connectivity index is 2.92. The Morgan fingerprint density at radius 1 is 1.26 bits per heavy atom. The van der Waals surface area contributed by atoms with Gasteiger partial charge in [-0.3, -0.25) is 0 Å². The molecule has 0 aliphatic heterocycles. The first-order valence-corrected chi connectivity index (χ1v) is 8.12. The summed E-state index contributed by atoms with van der Waals surface area (Å²) in [6, 6.07) is 7.17. The first kappa shape index (κ1) is 16.1. The van der Waals surface area contributed by atoms with Gasteiger partial charge < -0.3 is 10.5 Å². The minimum Gasteiger partial charge on any atom is -0.384 e. The number of sulfone groups is 1. The van der Waals surface area contributed by atoms with Gasteiger partial charge in [0.15, 0.2) is 9.84 Å². The number of nitrogens with two attached hydrogens (primary N) is 1. The smallest absolute Gasteiger partial charge is 0.154 e. The van der Waals surface area contributed by atoms with Crippen molar-refractivity contribution in [2.45, 2.75) is 31.1 Å². The molecular weight excluding hydrogens is 262 g/mol. The molecule has 108 valence electrons. The Kier molecular flexibility index (Phi) is 5.12. The lowest BCUT2D eigenvalue weighted by Crippen LogP contribution is -2.42. The van der Waals surface area contributed by atoms with Crippen LogP contribution in [0.5, 0.6) is 0 Å². The van der Waals surface area contributed by atoms with Crippen molar-refractivity contribution in [2.75, 3.05) is 20.0 Å². The van der Waals surface area contributed by atoms with Gasteiger partial charge in [0.1, 0.15) is 0 Å². The number of hydrogen-bond donors (Lipinski definition) is 1. The summed E-state index contributed by atoms with van der Waals surface area (Å²) < 4.78 is 27.6. The molecule has 0 amide bonds. The van der Waals surface area contributed by atoms with Crippen molar-refractivity contribution < 1.29 is 13.2 Å². The van der Waals surface area contributed by atoms with E-state index < -0.39 is 20.6 Å². The second-order valence-corrected chi connectivity index (χ2v) is 7.93. The van der Waals surface area contributed by atoms with E-state index in [0.717, 1.165) is 17.5 Å². The molecule has 19 heavy (non-hydrogen) atoms. The number of rotatable bonds is 6. The van der Waals surface area contributed by atoms with Crippen molar-refractivity contribution in [1.29, 1.82) is 0 Å². The zero-order chi connectivity index (χ0) is 14.7. The number of methoxy groups -OCH3 is 1. The molecule has 0 aromatic heterocycles. The quantitative estimate of drug-likeness (QED) is 0.863. The molecule has 0 radical (unpaired) electrons. The maximum atomic E-state index is 11.8. The van der Waals surface area contributed by atoms with Crippen LogP contribution in [-0.2, 0) is 21.0 Å². The van der Waals surface area contributed by atoms with Crippen molar-refractivity contribution in [1.82, 2.24) is 0 Å². The number of hydrogen-bond acceptors (Lipinski definition) is 4. The van der Waals surface area contributed by atoms with Crippen LogP contribution in [-0.4, -0.2) is 33.1 Å². The van der Waals surface area contributed by atoms with E-state index in [-0.39, 0.29) is 0 Å². The molecule has 4 nitrogen and oxygen atoms in total. The summed E-state index contributed by atoms with van der Waals surface area (Å²) in [4.78, 5) is 0. The third-order valence-electron chi connectivity index (χ3n) is 3.64. The highest BCUT2D eigenvalue weighted by atomic mass is 32.2. The second kappa shape index (κ2) is 6.03. The summed E-state index contributed by atoms with van der Waals surface area (Å²) in [6.07, 6.45) is 2.06. The highest BCUT2D eigenvalue weighted by molar-refractivity contribution is 7.92. The lowest BCUT2D eigenvalue weighted by Gasteiger charge is -2.30. The van der Waals surface area contributed by atoms with Crippen LogP contribution >= 0.6 is 0 Å². The molecule has 5 heteroatoms. The summed E-state index contributed by atoms with van der Waals surface area (Å²) in [5.41, 5.74) is 8.08. The highest BCUT2D eigenvalue weighted by Gasteiger charge is 2.37. The minimum absolute atomic E-state index is 0.543. The zero-order valence-electron chi connectivity index (χ0n) is 12.0. The minimum atomic E-state index is -3.22. The van der Waals surface area contributed by atoms with Crippen LogP contribution in [0.4, 0.5) is 0 Å². The van der Waals surface area contributed by atoms with Gasteiger partial charge in [-0.2, -0.15) is 0 Å². The number of ether oxygens (including phenoxy) is 1. The van der Waals surface area contributed by atoms with Crippen LogP contribution in [0.2, 0.25) is 0 Å². The molecule has 1 aromatic rings. The molecule has 0 fully saturated rings. The van der Waals surface area contributed by atoms with Gasteiger partial charge in [0.05, 0.1) is 11.4 Å². The normalized spacial score (nSPS) is 14.4. The summed E-state index contributed by atoms with van der Waals surface area (Å²) >= 11 is 0. The molecule has 1 unspecified atom stereocenters. The van der Waals surface area contributed by atoms with Gasteiger partial charge in [-0.15, -0.1) is 0 Å². The molecule has 1 rings (SSSR count). The SMILES string of the molecule is COCCc1ccc(C(N)C(C)(C)S(C)(=O)=O)cc1. The zero-order valence-corrected chi connectivity index (χ0v) is 12.8. The lowest BCUT2D eigenvalue weighted by molar-refractivity contribution is 0.202. The Hall–Kier alpha value is -0.910. The molecule has 0 spiro atoms. The Morgan fingerprint density at radius 2 is 1.79 bits per heavy atom. The van der Waals surface area contributed by atoms with Gasteiger partial charge in [0, 0.05) is 19.4 Å². The standard InChI is InChI=1S/C14H23NO3S/c1-14(2,19(4,16)17)13(15)12-7-5-11(6-8-12)9-10-18-3/h5-8,13H,9-10,15H2,1-4H3. The van der Waals surface area contributed by atoms with Crippen molar-refractivity contribution in [2.24, 2.45) is 5.73 Å². The summed E-state index contributed by atoms with van der Waals surface area (Å²) in [5.74, 6) is 0. The molecule has 0 aliphatic carbocycles. The average Bonchev–Trinajstić information content (AvgIpc) is 2.34. The number of benzene rings is 1. The molecule has 0 bridgehead atoms.